The number of aromatic nitrogens is 4. The maximum atomic E-state index is 13.1. The number of hydrogen-bond donors (Lipinski definition) is 2. The average molecular weight is 655 g/mol. The Labute approximate surface area is 246 Å². The van der Waals surface area contributed by atoms with Gasteiger partial charge in [0.25, 0.3) is 0 Å². The quantitative estimate of drug-likeness (QED) is 0.162. The summed E-state index contributed by atoms with van der Waals surface area (Å²) in [5.41, 5.74) is 8.79. The van der Waals surface area contributed by atoms with Crippen LogP contribution in [0.3, 0.4) is 0 Å². The Morgan fingerprint density at radius 1 is 1.02 bits per heavy atom. The number of nitrogen functional groups attached to an aromatic ring is 1. The summed E-state index contributed by atoms with van der Waals surface area (Å²) in [5.74, 6) is 2.49. The Morgan fingerprint density at radius 2 is 1.70 bits per heavy atom. The fourth-order valence-corrected chi connectivity index (χ4v) is 7.45. The molecule has 9 nitrogen and oxygen atoms in total. The molecule has 2 aromatic heterocycles. The molecule has 1 amide bonds. The number of alkyl halides is 1. The Kier molecular flexibility index (Phi) is 8.84. The fraction of sp³-hybridized carbons (Fsp3) is 0.400. The third kappa shape index (κ3) is 6.38. The first-order valence-corrected chi connectivity index (χ1v) is 15.9. The van der Waals surface area contributed by atoms with Crippen molar-refractivity contribution in [1.29, 1.82) is 0 Å². The average Bonchev–Trinajstić information content (AvgIpc) is 3.34. The number of anilines is 1. The third-order valence-corrected chi connectivity index (χ3v) is 10.9. The molecule has 2 heterocycles. The molecular weight excluding hydrogens is 617 g/mol. The molecule has 1 aliphatic rings. The number of ether oxygens (including phenoxy) is 1. The zero-order valence-electron chi connectivity index (χ0n) is 23.4. The van der Waals surface area contributed by atoms with Crippen LogP contribution in [0.15, 0.2) is 60.9 Å². The van der Waals surface area contributed by atoms with E-state index in [0.717, 1.165) is 59.5 Å². The summed E-state index contributed by atoms with van der Waals surface area (Å²) in [6, 6.07) is 17.9. The van der Waals surface area contributed by atoms with Crippen LogP contribution in [0.1, 0.15) is 45.6 Å². The van der Waals surface area contributed by atoms with E-state index in [2.05, 4.69) is 46.3 Å². The van der Waals surface area contributed by atoms with Crippen LogP contribution in [0.5, 0.6) is 11.5 Å². The second-order valence-corrected chi connectivity index (χ2v) is 14.6. The number of rotatable bonds is 9. The number of fused-ring (bicyclic) bond motifs is 1. The zero-order valence-corrected chi connectivity index (χ0v) is 25.6. The van der Waals surface area contributed by atoms with Gasteiger partial charge in [-0.15, -0.1) is 0 Å². The molecular formula is C30H37IN7O2-. The Balaban J connectivity index is 1.32. The summed E-state index contributed by atoms with van der Waals surface area (Å²) in [7, 11) is 4.12. The molecule has 1 atom stereocenters. The Morgan fingerprint density at radius 3 is 2.35 bits per heavy atom. The number of amides is 1. The molecule has 0 spiro atoms. The first-order chi connectivity index (χ1) is 19.3. The van der Waals surface area contributed by atoms with Gasteiger partial charge in [0, 0.05) is 0 Å². The minimum atomic E-state index is -0.342. The summed E-state index contributed by atoms with van der Waals surface area (Å²) in [4.78, 5) is 21.9. The van der Waals surface area contributed by atoms with Gasteiger partial charge in [0.15, 0.2) is 0 Å². The summed E-state index contributed by atoms with van der Waals surface area (Å²) >= 11 is -0.342. The van der Waals surface area contributed by atoms with Crippen molar-refractivity contribution in [2.24, 2.45) is 5.92 Å². The molecule has 1 saturated carbocycles. The second-order valence-electron chi connectivity index (χ2n) is 10.7. The number of hydrogen-bond acceptors (Lipinski definition) is 7. The van der Waals surface area contributed by atoms with E-state index in [1.165, 1.54) is 6.33 Å². The van der Waals surface area contributed by atoms with Crippen LogP contribution in [0.25, 0.3) is 22.3 Å². The van der Waals surface area contributed by atoms with Crippen molar-refractivity contribution < 1.29 is 31.0 Å². The van der Waals surface area contributed by atoms with Crippen molar-refractivity contribution in [2.75, 3.05) is 19.8 Å². The minimum absolute atomic E-state index is 0.0910. The summed E-state index contributed by atoms with van der Waals surface area (Å²) in [6.45, 7) is 4.28. The molecule has 0 bridgehead atoms. The molecule has 2 aromatic carbocycles. The fourth-order valence-electron chi connectivity index (χ4n) is 5.17. The van der Waals surface area contributed by atoms with E-state index in [9.17, 15) is 4.79 Å². The molecule has 10 heteroatoms. The zero-order chi connectivity index (χ0) is 28.2. The summed E-state index contributed by atoms with van der Waals surface area (Å²) in [6.07, 6.45) is 5.13. The SMILES string of the molecule is CC(C)[C@@H]([I-]N(C)C)C(=O)NC1CCC(n2nc(-c3ccc(Oc4ccccc4)cc3)c3c(N)ncnc32)CC1. The van der Waals surface area contributed by atoms with Gasteiger partial charge in [-0.2, -0.15) is 0 Å². The molecule has 0 saturated heterocycles. The van der Waals surface area contributed by atoms with E-state index in [0.29, 0.717) is 11.7 Å². The van der Waals surface area contributed by atoms with Crippen molar-refractivity contribution in [3.05, 3.63) is 60.9 Å². The molecule has 0 radical (unpaired) electrons. The number of nitrogens with one attached hydrogen (secondary N) is 1. The van der Waals surface area contributed by atoms with E-state index in [4.69, 9.17) is 15.6 Å². The second kappa shape index (κ2) is 12.5. The molecule has 0 unspecified atom stereocenters. The topological polar surface area (TPSA) is 111 Å². The summed E-state index contributed by atoms with van der Waals surface area (Å²) in [5, 5.41) is 9.15. The number of nitrogens with zero attached hydrogens (tertiary/aromatic N) is 5. The van der Waals surface area contributed by atoms with E-state index < -0.39 is 0 Å². The van der Waals surface area contributed by atoms with Gasteiger partial charge in [-0.1, -0.05) is 18.2 Å². The maximum absolute atomic E-state index is 13.1. The molecule has 4 aromatic rings. The van der Waals surface area contributed by atoms with Gasteiger partial charge in [0.05, 0.1) is 0 Å². The van der Waals surface area contributed by atoms with Crippen LogP contribution >= 0.6 is 0 Å². The Hall–Kier alpha value is -3.25. The predicted molar refractivity (Wildman–Crippen MR) is 153 cm³/mol. The van der Waals surface area contributed by atoms with Crippen LogP contribution in [-0.2, 0) is 4.79 Å². The van der Waals surface area contributed by atoms with Gasteiger partial charge in [-0.25, -0.2) is 0 Å². The first kappa shape index (κ1) is 28.3. The number of para-hydroxylation sites is 1. The predicted octanol–water partition coefficient (Wildman–Crippen LogP) is 2.06. The van der Waals surface area contributed by atoms with Crippen molar-refractivity contribution in [2.45, 2.75) is 55.5 Å². The van der Waals surface area contributed by atoms with Crippen LogP contribution in [0.2, 0.25) is 0 Å². The van der Waals surface area contributed by atoms with Crippen molar-refractivity contribution in [1.82, 2.24) is 28.2 Å². The van der Waals surface area contributed by atoms with Crippen LogP contribution in [-0.4, -0.2) is 52.8 Å². The standard InChI is InChI=1S/C30H37IN7O2/c1-19(2)26(31-37(3)4)30(39)35-21-12-14-22(15-13-21)38-29-25(28(32)33-18-34-29)27(36-38)20-10-16-24(17-11-20)40-23-8-6-5-7-9-23/h5-11,16-19,21-22,26H,12-15H2,1-4H3,(H,35,39)(H2,32,33,34)/q-1/t21?,22?,26-/m1/s1. The van der Waals surface area contributed by atoms with E-state index in [1.807, 2.05) is 59.3 Å². The van der Waals surface area contributed by atoms with Crippen LogP contribution in [0.4, 0.5) is 5.82 Å². The number of carbonyl (C=O) groups excluding carboxylic acids is 1. The number of halogens is 1. The molecule has 212 valence electrons. The molecule has 40 heavy (non-hydrogen) atoms. The van der Waals surface area contributed by atoms with Crippen LogP contribution in [0, 0.1) is 5.92 Å². The Bertz CT molecular complexity index is 1430. The van der Waals surface area contributed by atoms with Gasteiger partial charge < -0.3 is 4.74 Å². The van der Waals surface area contributed by atoms with Gasteiger partial charge >= 0.3 is 188 Å². The number of carbonyl (C=O) groups is 1. The normalized spacial score (nSPS) is 18.4. The van der Waals surface area contributed by atoms with Gasteiger partial charge in [0.1, 0.15) is 11.5 Å². The van der Waals surface area contributed by atoms with E-state index in [1.54, 1.807) is 0 Å². The van der Waals surface area contributed by atoms with Crippen molar-refractivity contribution in [3.63, 3.8) is 0 Å². The number of nitrogens with two attached hydrogens (primary N) is 1. The van der Waals surface area contributed by atoms with Crippen molar-refractivity contribution >= 4 is 22.8 Å². The third-order valence-electron chi connectivity index (χ3n) is 7.15. The van der Waals surface area contributed by atoms with Gasteiger partial charge in [-0.3, -0.25) is 0 Å². The first-order valence-electron chi connectivity index (χ1n) is 13.7. The van der Waals surface area contributed by atoms with Gasteiger partial charge in [0.2, 0.25) is 0 Å². The van der Waals surface area contributed by atoms with E-state index >= 15 is 0 Å². The monoisotopic (exact) mass is 654 g/mol. The molecule has 0 aliphatic heterocycles. The molecule has 3 N–H and O–H groups in total. The molecule has 5 rings (SSSR count). The van der Waals surface area contributed by atoms with Crippen molar-refractivity contribution in [3.8, 4) is 22.8 Å². The molecule has 1 aliphatic carbocycles. The molecule has 1 fully saturated rings. The summed E-state index contributed by atoms with van der Waals surface area (Å²) < 4.78 is 10.3. The van der Waals surface area contributed by atoms with Gasteiger partial charge in [-0.05, 0) is 24.3 Å². The number of benzene rings is 2. The van der Waals surface area contributed by atoms with Crippen LogP contribution < -0.4 is 37.3 Å². The van der Waals surface area contributed by atoms with E-state index in [-0.39, 0.29) is 43.4 Å².